The number of nitrogens with zero attached hydrogens (tertiary/aromatic N) is 7. The number of quaternary nitrogens is 1. The molecule has 0 saturated carbocycles. The van der Waals surface area contributed by atoms with Crippen molar-refractivity contribution in [2.24, 2.45) is 7.05 Å². The van der Waals surface area contributed by atoms with Gasteiger partial charge in [-0.25, -0.2) is 9.36 Å². The van der Waals surface area contributed by atoms with Crippen LogP contribution in [0.15, 0.2) is 95.9 Å². The Hall–Kier alpha value is -5.46. The van der Waals surface area contributed by atoms with Crippen LogP contribution in [0.3, 0.4) is 0 Å². The zero-order valence-corrected chi connectivity index (χ0v) is 30.2. The van der Waals surface area contributed by atoms with Crippen molar-refractivity contribution in [1.29, 1.82) is 5.26 Å². The first-order chi connectivity index (χ1) is 24.3. The summed E-state index contributed by atoms with van der Waals surface area (Å²) in [6.07, 6.45) is -3.22. The number of halogens is 4. The van der Waals surface area contributed by atoms with Crippen molar-refractivity contribution >= 4 is 11.8 Å². The quantitative estimate of drug-likeness (QED) is 0.240. The van der Waals surface area contributed by atoms with E-state index in [1.54, 1.807) is 42.2 Å². The van der Waals surface area contributed by atoms with E-state index in [4.69, 9.17) is 0 Å². The fourth-order valence-electron chi connectivity index (χ4n) is 6.53. The number of hydrogen-bond acceptors (Lipinski definition) is 5. The Morgan fingerprint density at radius 1 is 0.981 bits per heavy atom. The third-order valence-corrected chi connectivity index (χ3v) is 9.29. The molecule has 270 valence electrons. The second-order valence-corrected chi connectivity index (χ2v) is 12.9. The number of aromatic nitrogens is 4. The van der Waals surface area contributed by atoms with Gasteiger partial charge in [0, 0.05) is 12.6 Å². The smallest absolute Gasteiger partial charge is 0.416 e. The Labute approximate surface area is 308 Å². The molecular weight excluding hydrogens is 741 g/mol. The molecule has 15 heteroatoms. The maximum absolute atomic E-state index is 14.2. The first kappa shape index (κ1) is 37.8. The van der Waals surface area contributed by atoms with Gasteiger partial charge in [-0.3, -0.25) is 19.1 Å². The molecule has 1 N–H and O–H groups in total. The highest BCUT2D eigenvalue weighted by molar-refractivity contribution is 6.02. The van der Waals surface area contributed by atoms with E-state index in [-0.39, 0.29) is 45.5 Å². The van der Waals surface area contributed by atoms with Crippen LogP contribution >= 0.6 is 0 Å². The Morgan fingerprint density at radius 3 is 2.29 bits per heavy atom. The summed E-state index contributed by atoms with van der Waals surface area (Å²) in [5, 5.41) is 16.3. The van der Waals surface area contributed by atoms with Crippen LogP contribution in [0.5, 0.6) is 0 Å². The first-order valence-corrected chi connectivity index (χ1v) is 16.3. The molecule has 1 aliphatic heterocycles. The molecule has 0 aliphatic carbocycles. The molecule has 2 aromatic heterocycles. The van der Waals surface area contributed by atoms with Gasteiger partial charge in [0.2, 0.25) is 5.91 Å². The van der Waals surface area contributed by atoms with Crippen LogP contribution < -0.4 is 27.9 Å². The molecule has 2 amide bonds. The summed E-state index contributed by atoms with van der Waals surface area (Å²) in [5.41, 5.74) is 0.103. The van der Waals surface area contributed by atoms with Crippen molar-refractivity contribution in [3.8, 4) is 28.8 Å². The van der Waals surface area contributed by atoms with Crippen LogP contribution in [0, 0.1) is 11.3 Å². The molecule has 0 spiro atoms. The SMILES string of the molecule is CC(NC(=O)c1c(-c2ccnn2-c2ccc(C#N)cc2)n(C)n(-c2cccc(C(F)(F)F)c2)c1=O)C(=O)N1CC[N+](C)(Cc2ccccc2)CC1.[Br-]. The van der Waals surface area contributed by atoms with E-state index >= 15 is 0 Å². The molecule has 5 aromatic rings. The van der Waals surface area contributed by atoms with E-state index in [0.29, 0.717) is 37.4 Å². The van der Waals surface area contributed by atoms with E-state index in [2.05, 4.69) is 29.6 Å². The number of hydrogen-bond donors (Lipinski definition) is 1. The minimum atomic E-state index is -4.68. The summed E-state index contributed by atoms with van der Waals surface area (Å²) in [4.78, 5) is 43.6. The molecule has 52 heavy (non-hydrogen) atoms. The molecule has 1 saturated heterocycles. The second-order valence-electron chi connectivity index (χ2n) is 12.9. The zero-order chi connectivity index (χ0) is 36.5. The standard InChI is InChI=1S/C37H35F3N8O3.BrH/c1-25(35(50)45-18-20-48(3,21-19-45)24-27-8-5-4-6-9-27)43-34(49)32-33(31-16-17-42-46(31)29-14-12-26(23-41)13-15-29)44(2)47(36(32)51)30-11-7-10-28(22-30)37(38,39)40;/h4-17,22,25H,18-21,24H2,1-3H3;1H. The molecule has 3 heterocycles. The van der Waals surface area contributed by atoms with Crippen LogP contribution in [0.25, 0.3) is 22.8 Å². The predicted molar refractivity (Wildman–Crippen MR) is 183 cm³/mol. The highest BCUT2D eigenvalue weighted by Gasteiger charge is 2.36. The second kappa shape index (κ2) is 15.0. The Balaban J connectivity index is 0.00000523. The third kappa shape index (κ3) is 7.58. The Morgan fingerprint density at radius 2 is 1.65 bits per heavy atom. The van der Waals surface area contributed by atoms with Crippen LogP contribution in [0.1, 0.15) is 34.0 Å². The predicted octanol–water partition coefficient (Wildman–Crippen LogP) is 1.53. The van der Waals surface area contributed by atoms with Crippen molar-refractivity contribution in [1.82, 2.24) is 29.4 Å². The van der Waals surface area contributed by atoms with E-state index < -0.39 is 29.2 Å². The van der Waals surface area contributed by atoms with E-state index in [1.165, 1.54) is 40.3 Å². The van der Waals surface area contributed by atoms with Gasteiger partial charge in [0.25, 0.3) is 11.5 Å². The van der Waals surface area contributed by atoms with E-state index in [1.807, 2.05) is 24.3 Å². The van der Waals surface area contributed by atoms with Crippen LogP contribution in [0.4, 0.5) is 13.2 Å². The van der Waals surface area contributed by atoms with Gasteiger partial charge in [-0.1, -0.05) is 36.4 Å². The van der Waals surface area contributed by atoms with Crippen molar-refractivity contribution in [2.45, 2.75) is 25.7 Å². The largest absolute Gasteiger partial charge is 1.00 e. The molecule has 1 aliphatic rings. The molecule has 1 fully saturated rings. The lowest BCUT2D eigenvalue weighted by molar-refractivity contribution is -0.926. The number of nitriles is 1. The molecule has 1 unspecified atom stereocenters. The average Bonchev–Trinajstić information content (AvgIpc) is 3.69. The summed E-state index contributed by atoms with van der Waals surface area (Å²) >= 11 is 0. The van der Waals surface area contributed by atoms with Gasteiger partial charge in [-0.05, 0) is 55.5 Å². The molecule has 6 rings (SSSR count). The summed E-state index contributed by atoms with van der Waals surface area (Å²) in [7, 11) is 3.60. The summed E-state index contributed by atoms with van der Waals surface area (Å²) in [6, 6.07) is 23.4. The number of amides is 2. The van der Waals surface area contributed by atoms with Crippen molar-refractivity contribution in [3.05, 3.63) is 124 Å². The molecule has 1 atom stereocenters. The van der Waals surface area contributed by atoms with Crippen LogP contribution in [-0.4, -0.2) is 79.6 Å². The molecule has 3 aromatic carbocycles. The number of likely N-dealkylation sites (N-methyl/N-ethyl adjacent to an activating group) is 1. The number of nitrogens with one attached hydrogen (secondary N) is 1. The van der Waals surface area contributed by atoms with E-state index in [0.717, 1.165) is 27.8 Å². The highest BCUT2D eigenvalue weighted by atomic mass is 79.9. The Kier molecular flexibility index (Phi) is 10.9. The normalized spacial score (nSPS) is 14.6. The van der Waals surface area contributed by atoms with Gasteiger partial charge in [0.1, 0.15) is 23.8 Å². The van der Waals surface area contributed by atoms with Gasteiger partial charge in [0.05, 0.1) is 73.7 Å². The number of benzene rings is 3. The lowest BCUT2D eigenvalue weighted by Crippen LogP contribution is -3.00. The monoisotopic (exact) mass is 776 g/mol. The number of carbonyl (C=O) groups excluding carboxylic acids is 2. The van der Waals surface area contributed by atoms with Gasteiger partial charge < -0.3 is 31.7 Å². The van der Waals surface area contributed by atoms with Crippen LogP contribution in [0.2, 0.25) is 0 Å². The number of carbonyl (C=O) groups is 2. The van der Waals surface area contributed by atoms with Gasteiger partial charge >= 0.3 is 6.18 Å². The summed E-state index contributed by atoms with van der Waals surface area (Å²) in [6.45, 7) is 4.75. The number of rotatable bonds is 8. The highest BCUT2D eigenvalue weighted by Crippen LogP contribution is 2.31. The topological polar surface area (TPSA) is 118 Å². The minimum Gasteiger partial charge on any atom is -1.00 e. The lowest BCUT2D eigenvalue weighted by Gasteiger charge is -2.42. The zero-order valence-electron chi connectivity index (χ0n) is 28.6. The molecule has 11 nitrogen and oxygen atoms in total. The van der Waals surface area contributed by atoms with Gasteiger partial charge in [-0.2, -0.15) is 23.5 Å². The van der Waals surface area contributed by atoms with Gasteiger partial charge in [-0.15, -0.1) is 0 Å². The van der Waals surface area contributed by atoms with Crippen molar-refractivity contribution < 1.29 is 44.2 Å². The maximum Gasteiger partial charge on any atom is 0.416 e. The Bertz CT molecular complexity index is 2180. The molecule has 0 bridgehead atoms. The minimum absolute atomic E-state index is 0. The molecule has 0 radical (unpaired) electrons. The van der Waals surface area contributed by atoms with Crippen molar-refractivity contribution in [3.63, 3.8) is 0 Å². The maximum atomic E-state index is 14.2. The first-order valence-electron chi connectivity index (χ1n) is 16.3. The van der Waals surface area contributed by atoms with Crippen LogP contribution in [-0.2, 0) is 24.6 Å². The molecular formula is C37H36BrF3N8O3. The number of piperazine rings is 1. The van der Waals surface area contributed by atoms with Crippen molar-refractivity contribution in [2.75, 3.05) is 33.2 Å². The third-order valence-electron chi connectivity index (χ3n) is 9.29. The fraction of sp³-hybridized carbons (Fsp3) is 0.270. The summed E-state index contributed by atoms with van der Waals surface area (Å²) in [5.74, 6) is -1.18. The fourth-order valence-corrected chi connectivity index (χ4v) is 6.53. The number of alkyl halides is 3. The van der Waals surface area contributed by atoms with E-state index in [9.17, 15) is 32.8 Å². The lowest BCUT2D eigenvalue weighted by atomic mass is 10.1. The average molecular weight is 778 g/mol. The van der Waals surface area contributed by atoms with Gasteiger partial charge in [0.15, 0.2) is 0 Å². The summed E-state index contributed by atoms with van der Waals surface area (Å²) < 4.78 is 45.6.